The van der Waals surface area contributed by atoms with Crippen molar-refractivity contribution >= 4 is 21.6 Å². The Bertz CT molecular complexity index is 1170. The van der Waals surface area contributed by atoms with Crippen molar-refractivity contribution in [3.63, 3.8) is 0 Å². The van der Waals surface area contributed by atoms with E-state index < -0.39 is 10.0 Å². The molecule has 1 N–H and O–H groups in total. The van der Waals surface area contributed by atoms with Crippen LogP contribution in [0.4, 0.5) is 5.69 Å². The van der Waals surface area contributed by atoms with E-state index in [1.165, 1.54) is 16.4 Å². The van der Waals surface area contributed by atoms with Crippen LogP contribution < -0.4 is 9.62 Å². The van der Waals surface area contributed by atoms with Gasteiger partial charge in [-0.1, -0.05) is 54.1 Å². The van der Waals surface area contributed by atoms with Gasteiger partial charge in [0.25, 0.3) is 10.0 Å². The Morgan fingerprint density at radius 1 is 0.903 bits per heavy atom. The third kappa shape index (κ3) is 5.33. The second-order valence-corrected chi connectivity index (χ2v) is 9.68. The molecule has 0 fully saturated rings. The molecule has 3 rings (SSSR count). The molecule has 1 atom stereocenters. The fourth-order valence-corrected chi connectivity index (χ4v) is 4.97. The maximum Gasteiger partial charge on any atom is 0.264 e. The van der Waals surface area contributed by atoms with Crippen molar-refractivity contribution in [1.29, 1.82) is 0 Å². The highest BCUT2D eigenvalue weighted by atomic mass is 32.2. The molecule has 0 aliphatic carbocycles. The van der Waals surface area contributed by atoms with Crippen molar-refractivity contribution in [2.45, 2.75) is 38.6 Å². The van der Waals surface area contributed by atoms with Crippen molar-refractivity contribution in [2.75, 3.05) is 10.8 Å². The highest BCUT2D eigenvalue weighted by Gasteiger charge is 2.27. The molecule has 0 saturated carbocycles. The van der Waals surface area contributed by atoms with E-state index >= 15 is 0 Å². The van der Waals surface area contributed by atoms with Crippen LogP contribution in [0.3, 0.4) is 0 Å². The second-order valence-electron chi connectivity index (χ2n) is 7.81. The van der Waals surface area contributed by atoms with Gasteiger partial charge < -0.3 is 5.32 Å². The van der Waals surface area contributed by atoms with Gasteiger partial charge in [-0.3, -0.25) is 9.10 Å². The van der Waals surface area contributed by atoms with Crippen LogP contribution in [0.15, 0.2) is 77.7 Å². The average molecular weight is 437 g/mol. The van der Waals surface area contributed by atoms with Gasteiger partial charge in [0, 0.05) is 0 Å². The van der Waals surface area contributed by atoms with E-state index in [9.17, 15) is 13.2 Å². The molecule has 0 aliphatic heterocycles. The largest absolute Gasteiger partial charge is 0.348 e. The zero-order valence-electron chi connectivity index (χ0n) is 18.3. The van der Waals surface area contributed by atoms with E-state index in [1.807, 2.05) is 52.0 Å². The minimum absolute atomic E-state index is 0.145. The fourth-order valence-electron chi connectivity index (χ4n) is 3.54. The van der Waals surface area contributed by atoms with Crippen molar-refractivity contribution in [2.24, 2.45) is 0 Å². The van der Waals surface area contributed by atoms with E-state index in [4.69, 9.17) is 0 Å². The number of benzene rings is 3. The predicted octanol–water partition coefficient (Wildman–Crippen LogP) is 4.68. The van der Waals surface area contributed by atoms with Gasteiger partial charge >= 0.3 is 0 Å². The quantitative estimate of drug-likeness (QED) is 0.585. The predicted molar refractivity (Wildman–Crippen MR) is 125 cm³/mol. The number of hydrogen-bond acceptors (Lipinski definition) is 3. The van der Waals surface area contributed by atoms with Gasteiger partial charge in [0.15, 0.2) is 0 Å². The van der Waals surface area contributed by atoms with E-state index in [0.717, 1.165) is 22.3 Å². The van der Waals surface area contributed by atoms with Crippen LogP contribution in [0.25, 0.3) is 0 Å². The van der Waals surface area contributed by atoms with Gasteiger partial charge in [0.2, 0.25) is 5.91 Å². The Balaban J connectivity index is 1.90. The molecule has 1 amide bonds. The van der Waals surface area contributed by atoms with Crippen molar-refractivity contribution in [3.8, 4) is 0 Å². The minimum atomic E-state index is -3.91. The van der Waals surface area contributed by atoms with Crippen molar-refractivity contribution < 1.29 is 13.2 Å². The highest BCUT2D eigenvalue weighted by Crippen LogP contribution is 2.25. The lowest BCUT2D eigenvalue weighted by Gasteiger charge is -2.25. The first-order chi connectivity index (χ1) is 14.7. The van der Waals surface area contributed by atoms with E-state index in [0.29, 0.717) is 5.69 Å². The molecule has 0 heterocycles. The van der Waals surface area contributed by atoms with Crippen LogP contribution in [-0.4, -0.2) is 20.9 Å². The smallest absolute Gasteiger partial charge is 0.264 e. The summed E-state index contributed by atoms with van der Waals surface area (Å²) in [6.07, 6.45) is 0. The third-order valence-corrected chi connectivity index (χ3v) is 6.97. The summed E-state index contributed by atoms with van der Waals surface area (Å²) in [6.45, 7) is 7.48. The topological polar surface area (TPSA) is 66.5 Å². The summed E-state index contributed by atoms with van der Waals surface area (Å²) in [5.41, 5.74) is 4.57. The molecular formula is C25H28N2O3S. The summed E-state index contributed by atoms with van der Waals surface area (Å²) in [5.74, 6) is -0.366. The molecule has 0 aromatic heterocycles. The SMILES string of the molecule is Cc1cccc(N(CC(=O)N[C@@H](C)c2cc(C)ccc2C)S(=O)(=O)c2ccccc2)c1. The number of anilines is 1. The lowest BCUT2D eigenvalue weighted by molar-refractivity contribution is -0.120. The number of nitrogens with zero attached hydrogens (tertiary/aromatic N) is 1. The number of carbonyl (C=O) groups excluding carboxylic acids is 1. The zero-order valence-corrected chi connectivity index (χ0v) is 19.1. The van der Waals surface area contributed by atoms with Crippen LogP contribution >= 0.6 is 0 Å². The number of aryl methyl sites for hydroxylation is 3. The Labute approximate surface area is 184 Å². The molecule has 3 aromatic rings. The summed E-state index contributed by atoms with van der Waals surface area (Å²) in [5, 5.41) is 2.96. The molecule has 31 heavy (non-hydrogen) atoms. The molecule has 0 saturated heterocycles. The molecule has 0 radical (unpaired) electrons. The number of sulfonamides is 1. The Hall–Kier alpha value is -3.12. The van der Waals surface area contributed by atoms with Crippen LogP contribution in [0.2, 0.25) is 0 Å². The maximum atomic E-state index is 13.4. The number of hydrogen-bond donors (Lipinski definition) is 1. The number of rotatable bonds is 7. The second kappa shape index (κ2) is 9.35. The Morgan fingerprint density at radius 3 is 2.26 bits per heavy atom. The number of carbonyl (C=O) groups is 1. The van der Waals surface area contributed by atoms with Gasteiger partial charge in [-0.2, -0.15) is 0 Å². The summed E-state index contributed by atoms with van der Waals surface area (Å²) >= 11 is 0. The molecule has 0 unspecified atom stereocenters. The van der Waals surface area contributed by atoms with Gasteiger partial charge in [-0.05, 0) is 68.7 Å². The van der Waals surface area contributed by atoms with Crippen LogP contribution in [0.1, 0.15) is 35.2 Å². The van der Waals surface area contributed by atoms with Crippen LogP contribution in [0, 0.1) is 20.8 Å². The summed E-state index contributed by atoms with van der Waals surface area (Å²) in [4.78, 5) is 13.1. The molecule has 3 aromatic carbocycles. The normalized spacial score (nSPS) is 12.3. The summed E-state index contributed by atoms with van der Waals surface area (Å²) in [6, 6.07) is 21.2. The maximum absolute atomic E-state index is 13.4. The van der Waals surface area contributed by atoms with E-state index in [1.54, 1.807) is 36.4 Å². The van der Waals surface area contributed by atoms with Gasteiger partial charge in [0.1, 0.15) is 6.54 Å². The van der Waals surface area contributed by atoms with Crippen molar-refractivity contribution in [1.82, 2.24) is 5.32 Å². The fraction of sp³-hybridized carbons (Fsp3) is 0.240. The molecule has 0 spiro atoms. The molecule has 0 bridgehead atoms. The summed E-state index contributed by atoms with van der Waals surface area (Å²) < 4.78 is 27.9. The third-order valence-electron chi connectivity index (χ3n) is 5.19. The molecule has 6 heteroatoms. The Morgan fingerprint density at radius 2 is 1.58 bits per heavy atom. The van der Waals surface area contributed by atoms with Gasteiger partial charge in [-0.25, -0.2) is 8.42 Å². The zero-order chi connectivity index (χ0) is 22.6. The Kier molecular flexibility index (Phi) is 6.81. The summed E-state index contributed by atoms with van der Waals surface area (Å²) in [7, 11) is -3.91. The lowest BCUT2D eigenvalue weighted by Crippen LogP contribution is -2.41. The van der Waals surface area contributed by atoms with Crippen molar-refractivity contribution in [3.05, 3.63) is 95.1 Å². The molecular weight excluding hydrogens is 408 g/mol. The number of nitrogens with one attached hydrogen (secondary N) is 1. The first-order valence-electron chi connectivity index (χ1n) is 10.2. The first kappa shape index (κ1) is 22.6. The van der Waals surface area contributed by atoms with Gasteiger partial charge in [0.05, 0.1) is 16.6 Å². The standard InChI is InChI=1S/C25H28N2O3S/c1-18-9-8-10-22(15-18)27(31(29,30)23-11-6-5-7-12-23)17-25(28)26-21(4)24-16-19(2)13-14-20(24)3/h5-16,21H,17H2,1-4H3,(H,26,28)/t21-/m0/s1. The molecule has 5 nitrogen and oxygen atoms in total. The monoisotopic (exact) mass is 436 g/mol. The molecule has 0 aliphatic rings. The lowest BCUT2D eigenvalue weighted by atomic mass is 10.00. The van der Waals surface area contributed by atoms with Crippen LogP contribution in [-0.2, 0) is 14.8 Å². The van der Waals surface area contributed by atoms with Crippen LogP contribution in [0.5, 0.6) is 0 Å². The van der Waals surface area contributed by atoms with Gasteiger partial charge in [-0.15, -0.1) is 0 Å². The molecule has 162 valence electrons. The van der Waals surface area contributed by atoms with E-state index in [-0.39, 0.29) is 23.4 Å². The van der Waals surface area contributed by atoms with E-state index in [2.05, 4.69) is 5.32 Å². The average Bonchev–Trinajstić information content (AvgIpc) is 2.74. The number of amides is 1. The highest BCUT2D eigenvalue weighted by molar-refractivity contribution is 7.92. The minimum Gasteiger partial charge on any atom is -0.348 e. The first-order valence-corrected chi connectivity index (χ1v) is 11.6.